The van der Waals surface area contributed by atoms with Crippen LogP contribution in [0.25, 0.3) is 0 Å². The van der Waals surface area contributed by atoms with Crippen LogP contribution in [0, 0.1) is 0 Å². The number of rotatable bonds is 4. The maximum absolute atomic E-state index is 10.6. The van der Waals surface area contributed by atoms with E-state index < -0.39 is 6.09 Å². The Balaban J connectivity index is 0.000000631. The molecule has 4 N–H and O–H groups in total. The lowest BCUT2D eigenvalue weighted by Crippen LogP contribution is -2.14. The highest BCUT2D eigenvalue weighted by Crippen LogP contribution is 2.14. The second-order valence-electron chi connectivity index (χ2n) is 3.43. The maximum atomic E-state index is 10.6. The Morgan fingerprint density at radius 1 is 1.33 bits per heavy atom. The van der Waals surface area contributed by atoms with Crippen molar-refractivity contribution in [3.8, 4) is 0 Å². The molecular formula is C12H17NO5. The molecular weight excluding hydrogens is 238 g/mol. The molecule has 0 unspecified atom stereocenters. The standard InChI is InChI=1S/C11H14O3.CH3NO2/c1-9(13)14-8-11(7-12)10-5-3-2-4-6-10;2-1(3)4/h2-6,11-12H,7-8H2,1H3;2H2,(H,3,4)/t11-;/m1./s1. The summed E-state index contributed by atoms with van der Waals surface area (Å²) in [6.07, 6.45) is -1.33. The lowest BCUT2D eigenvalue weighted by atomic mass is 10.0. The molecule has 0 aliphatic heterocycles. The summed E-state index contributed by atoms with van der Waals surface area (Å²) < 4.78 is 4.85. The number of amides is 1. The van der Waals surface area contributed by atoms with E-state index in [9.17, 15) is 4.79 Å². The first kappa shape index (κ1) is 15.9. The summed E-state index contributed by atoms with van der Waals surface area (Å²) in [6, 6.07) is 9.51. The van der Waals surface area contributed by atoms with Gasteiger partial charge >= 0.3 is 12.1 Å². The number of primary amides is 1. The van der Waals surface area contributed by atoms with Gasteiger partial charge in [0, 0.05) is 12.8 Å². The maximum Gasteiger partial charge on any atom is 0.402 e. The predicted molar refractivity (Wildman–Crippen MR) is 65.1 cm³/mol. The number of carbonyl (C=O) groups excluding carboxylic acids is 1. The molecule has 0 bridgehead atoms. The molecule has 1 aromatic rings. The van der Waals surface area contributed by atoms with Crippen molar-refractivity contribution in [2.24, 2.45) is 5.73 Å². The van der Waals surface area contributed by atoms with Crippen LogP contribution in [0.4, 0.5) is 4.79 Å². The van der Waals surface area contributed by atoms with Crippen LogP contribution in [0.5, 0.6) is 0 Å². The molecule has 0 fully saturated rings. The van der Waals surface area contributed by atoms with Gasteiger partial charge in [0.2, 0.25) is 0 Å². The Bertz CT molecular complexity index is 362. The minimum Gasteiger partial charge on any atom is -0.465 e. The van der Waals surface area contributed by atoms with Crippen LogP contribution >= 0.6 is 0 Å². The smallest absolute Gasteiger partial charge is 0.402 e. The third-order valence-corrected chi connectivity index (χ3v) is 1.98. The van der Waals surface area contributed by atoms with E-state index in [2.05, 4.69) is 5.73 Å². The van der Waals surface area contributed by atoms with Gasteiger partial charge in [-0.05, 0) is 5.56 Å². The average Bonchev–Trinajstić information content (AvgIpc) is 2.30. The van der Waals surface area contributed by atoms with Gasteiger partial charge in [-0.25, -0.2) is 4.79 Å². The van der Waals surface area contributed by atoms with Gasteiger partial charge in [0.15, 0.2) is 0 Å². The number of esters is 1. The third-order valence-electron chi connectivity index (χ3n) is 1.98. The predicted octanol–water partition coefficient (Wildman–Crippen LogP) is 0.949. The van der Waals surface area contributed by atoms with Crippen molar-refractivity contribution < 1.29 is 24.5 Å². The van der Waals surface area contributed by atoms with Crippen molar-refractivity contribution in [3.05, 3.63) is 35.9 Å². The van der Waals surface area contributed by atoms with E-state index in [0.717, 1.165) is 5.56 Å². The summed E-state index contributed by atoms with van der Waals surface area (Å²) in [7, 11) is 0. The van der Waals surface area contributed by atoms with Crippen LogP contribution < -0.4 is 5.73 Å². The molecule has 0 heterocycles. The quantitative estimate of drug-likeness (QED) is 0.694. The Morgan fingerprint density at radius 2 is 1.83 bits per heavy atom. The topological polar surface area (TPSA) is 110 Å². The van der Waals surface area contributed by atoms with E-state index in [1.807, 2.05) is 30.3 Å². The zero-order valence-electron chi connectivity index (χ0n) is 10.1. The van der Waals surface area contributed by atoms with Crippen molar-refractivity contribution in [2.45, 2.75) is 12.8 Å². The molecule has 0 spiro atoms. The van der Waals surface area contributed by atoms with E-state index in [1.165, 1.54) is 6.92 Å². The van der Waals surface area contributed by atoms with Crippen LogP contribution in [-0.4, -0.2) is 35.5 Å². The lowest BCUT2D eigenvalue weighted by Gasteiger charge is -2.13. The Labute approximate surface area is 105 Å². The second kappa shape index (κ2) is 9.00. The Hall–Kier alpha value is -2.08. The Morgan fingerprint density at radius 3 is 2.22 bits per heavy atom. The molecule has 1 rings (SSSR count). The summed E-state index contributed by atoms with van der Waals surface area (Å²) in [5, 5.41) is 16.3. The number of aliphatic hydroxyl groups excluding tert-OH is 1. The van der Waals surface area contributed by atoms with Crippen molar-refractivity contribution in [3.63, 3.8) is 0 Å². The van der Waals surface area contributed by atoms with Crippen molar-refractivity contribution >= 4 is 12.1 Å². The number of ether oxygens (including phenoxy) is 1. The molecule has 0 saturated carbocycles. The first-order chi connectivity index (χ1) is 8.47. The van der Waals surface area contributed by atoms with Crippen molar-refractivity contribution in [2.75, 3.05) is 13.2 Å². The zero-order valence-corrected chi connectivity index (χ0v) is 10.1. The molecule has 0 radical (unpaired) electrons. The van der Waals surface area contributed by atoms with Gasteiger partial charge in [0.1, 0.15) is 6.61 Å². The summed E-state index contributed by atoms with van der Waals surface area (Å²) in [6.45, 7) is 1.58. The SMILES string of the molecule is CC(=O)OC[C@@H](CO)c1ccccc1.NC(=O)O. The number of aliphatic hydroxyl groups is 1. The molecule has 0 aromatic heterocycles. The highest BCUT2D eigenvalue weighted by molar-refractivity contribution is 5.65. The molecule has 18 heavy (non-hydrogen) atoms. The van der Waals surface area contributed by atoms with Gasteiger partial charge in [0.25, 0.3) is 0 Å². The first-order valence-electron chi connectivity index (χ1n) is 5.25. The normalized spacial score (nSPS) is 10.8. The third kappa shape index (κ3) is 8.12. The fraction of sp³-hybridized carbons (Fsp3) is 0.333. The molecule has 100 valence electrons. The van der Waals surface area contributed by atoms with Gasteiger partial charge in [-0.1, -0.05) is 30.3 Å². The van der Waals surface area contributed by atoms with Crippen LogP contribution in [0.3, 0.4) is 0 Å². The van der Waals surface area contributed by atoms with Crippen LogP contribution in [0.1, 0.15) is 18.4 Å². The summed E-state index contributed by atoms with van der Waals surface area (Å²) in [5.74, 6) is -0.445. The summed E-state index contributed by atoms with van der Waals surface area (Å²) >= 11 is 0. The second-order valence-corrected chi connectivity index (χ2v) is 3.43. The zero-order chi connectivity index (χ0) is 14.0. The number of carbonyl (C=O) groups is 2. The van der Waals surface area contributed by atoms with Crippen LogP contribution in [-0.2, 0) is 9.53 Å². The first-order valence-corrected chi connectivity index (χ1v) is 5.25. The van der Waals surface area contributed by atoms with Crippen molar-refractivity contribution in [1.29, 1.82) is 0 Å². The van der Waals surface area contributed by atoms with Gasteiger partial charge < -0.3 is 20.7 Å². The van der Waals surface area contributed by atoms with Gasteiger partial charge in [-0.2, -0.15) is 0 Å². The fourth-order valence-corrected chi connectivity index (χ4v) is 1.20. The summed E-state index contributed by atoms with van der Waals surface area (Å²) in [5.41, 5.74) is 5.01. The minimum atomic E-state index is -1.33. The molecule has 6 nitrogen and oxygen atoms in total. The number of benzene rings is 1. The Kier molecular flexibility index (Phi) is 7.96. The molecule has 6 heteroatoms. The highest BCUT2D eigenvalue weighted by atomic mass is 16.5. The molecule has 0 aliphatic rings. The van der Waals surface area contributed by atoms with E-state index in [1.54, 1.807) is 0 Å². The van der Waals surface area contributed by atoms with Gasteiger partial charge in [-0.15, -0.1) is 0 Å². The van der Waals surface area contributed by atoms with Crippen molar-refractivity contribution in [1.82, 2.24) is 0 Å². The van der Waals surface area contributed by atoms with Gasteiger partial charge in [0.05, 0.1) is 6.61 Å². The lowest BCUT2D eigenvalue weighted by molar-refractivity contribution is -0.141. The van der Waals surface area contributed by atoms with E-state index in [0.29, 0.717) is 0 Å². The minimum absolute atomic E-state index is 0.0166. The molecule has 0 aliphatic carbocycles. The monoisotopic (exact) mass is 255 g/mol. The number of hydrogen-bond acceptors (Lipinski definition) is 4. The number of carboxylic acid groups (broad SMARTS) is 1. The average molecular weight is 255 g/mol. The molecule has 1 atom stereocenters. The van der Waals surface area contributed by atoms with E-state index in [4.69, 9.17) is 19.7 Å². The molecule has 1 amide bonds. The summed E-state index contributed by atoms with van der Waals surface area (Å²) in [4.78, 5) is 19.4. The highest BCUT2D eigenvalue weighted by Gasteiger charge is 2.11. The van der Waals surface area contributed by atoms with Crippen LogP contribution in [0.2, 0.25) is 0 Å². The van der Waals surface area contributed by atoms with E-state index in [-0.39, 0.29) is 25.1 Å². The van der Waals surface area contributed by atoms with E-state index >= 15 is 0 Å². The van der Waals surface area contributed by atoms with Crippen LogP contribution in [0.15, 0.2) is 30.3 Å². The fourth-order valence-electron chi connectivity index (χ4n) is 1.20. The largest absolute Gasteiger partial charge is 0.465 e. The molecule has 1 aromatic carbocycles. The molecule has 0 saturated heterocycles. The number of nitrogens with two attached hydrogens (primary N) is 1. The number of hydrogen-bond donors (Lipinski definition) is 3. The van der Waals surface area contributed by atoms with Gasteiger partial charge in [-0.3, -0.25) is 4.79 Å².